The number of carboxylic acid groups (broad SMARTS) is 1. The van der Waals surface area contributed by atoms with E-state index in [0.29, 0.717) is 11.4 Å². The quantitative estimate of drug-likeness (QED) is 0.859. The molecule has 0 aliphatic carbocycles. The van der Waals surface area contributed by atoms with Gasteiger partial charge in [-0.2, -0.15) is 0 Å². The number of carbonyl (C=O) groups is 1. The van der Waals surface area contributed by atoms with Crippen LogP contribution in [0, 0.1) is 12.3 Å². The highest BCUT2D eigenvalue weighted by atomic mass is 35.5. The Labute approximate surface area is 94.9 Å². The molecule has 0 atom stereocenters. The first kappa shape index (κ1) is 12.1. The fourth-order valence-corrected chi connectivity index (χ4v) is 1.81. The first-order valence-electron chi connectivity index (χ1n) is 4.81. The highest BCUT2D eigenvalue weighted by Crippen LogP contribution is 2.24. The smallest absolute Gasteiger partial charge is 0.309 e. The monoisotopic (exact) mass is 226 g/mol. The van der Waals surface area contributed by atoms with Crippen molar-refractivity contribution in [3.63, 3.8) is 0 Å². The molecule has 0 heterocycles. The van der Waals surface area contributed by atoms with Crippen molar-refractivity contribution in [2.24, 2.45) is 5.41 Å². The lowest BCUT2D eigenvalue weighted by atomic mass is 9.85. The number of hydrogen-bond acceptors (Lipinski definition) is 1. The van der Waals surface area contributed by atoms with Gasteiger partial charge in [0.1, 0.15) is 0 Å². The summed E-state index contributed by atoms with van der Waals surface area (Å²) in [5.74, 6) is -0.792. The van der Waals surface area contributed by atoms with Gasteiger partial charge in [0.15, 0.2) is 0 Å². The number of benzene rings is 1. The van der Waals surface area contributed by atoms with Gasteiger partial charge in [0, 0.05) is 5.02 Å². The van der Waals surface area contributed by atoms with Gasteiger partial charge in [0.25, 0.3) is 0 Å². The molecule has 1 rings (SSSR count). The van der Waals surface area contributed by atoms with E-state index in [1.54, 1.807) is 13.8 Å². The summed E-state index contributed by atoms with van der Waals surface area (Å²) in [5, 5.41) is 9.67. The fourth-order valence-electron chi connectivity index (χ4n) is 1.50. The molecule has 82 valence electrons. The Morgan fingerprint density at radius 1 is 1.40 bits per heavy atom. The summed E-state index contributed by atoms with van der Waals surface area (Å²) in [5.41, 5.74) is 1.27. The van der Waals surface area contributed by atoms with E-state index in [-0.39, 0.29) is 0 Å². The molecular formula is C12H15ClO2. The van der Waals surface area contributed by atoms with E-state index in [1.807, 2.05) is 25.1 Å². The number of carboxylic acids is 1. The molecule has 3 heteroatoms. The number of aryl methyl sites for hydroxylation is 1. The van der Waals surface area contributed by atoms with Crippen molar-refractivity contribution in [2.75, 3.05) is 0 Å². The first-order chi connectivity index (χ1) is 6.81. The molecule has 1 aromatic rings. The summed E-state index contributed by atoms with van der Waals surface area (Å²) < 4.78 is 0. The van der Waals surface area contributed by atoms with Crippen molar-refractivity contribution in [2.45, 2.75) is 27.2 Å². The highest BCUT2D eigenvalue weighted by Gasteiger charge is 2.27. The average molecular weight is 227 g/mol. The fraction of sp³-hybridized carbons (Fsp3) is 0.417. The second-order valence-electron chi connectivity index (χ2n) is 4.50. The van der Waals surface area contributed by atoms with Gasteiger partial charge in [0.2, 0.25) is 0 Å². The second-order valence-corrected chi connectivity index (χ2v) is 4.94. The Bertz CT molecular complexity index is 363. The third kappa shape index (κ3) is 3.24. The minimum absolute atomic E-state index is 0.490. The van der Waals surface area contributed by atoms with Gasteiger partial charge in [0.05, 0.1) is 5.41 Å². The van der Waals surface area contributed by atoms with Crippen molar-refractivity contribution in [3.8, 4) is 0 Å². The zero-order valence-corrected chi connectivity index (χ0v) is 9.93. The maximum Gasteiger partial charge on any atom is 0.309 e. The summed E-state index contributed by atoms with van der Waals surface area (Å²) in [6.45, 7) is 5.38. The van der Waals surface area contributed by atoms with Gasteiger partial charge < -0.3 is 5.11 Å². The van der Waals surface area contributed by atoms with E-state index in [0.717, 1.165) is 11.1 Å². The Kier molecular flexibility index (Phi) is 3.40. The predicted molar refractivity (Wildman–Crippen MR) is 61.3 cm³/mol. The first-order valence-corrected chi connectivity index (χ1v) is 5.18. The van der Waals surface area contributed by atoms with Crippen LogP contribution in [0.25, 0.3) is 0 Å². The number of halogens is 1. The van der Waals surface area contributed by atoms with Crippen LogP contribution in [0.15, 0.2) is 18.2 Å². The van der Waals surface area contributed by atoms with Crippen molar-refractivity contribution < 1.29 is 9.90 Å². The number of rotatable bonds is 3. The van der Waals surface area contributed by atoms with E-state index in [2.05, 4.69) is 0 Å². The Morgan fingerprint density at radius 3 is 2.47 bits per heavy atom. The third-order valence-electron chi connectivity index (χ3n) is 2.33. The lowest BCUT2D eigenvalue weighted by Gasteiger charge is -2.19. The molecule has 1 N–H and O–H groups in total. The molecule has 0 saturated heterocycles. The molecule has 0 radical (unpaired) electrons. The second kappa shape index (κ2) is 4.23. The van der Waals surface area contributed by atoms with Crippen LogP contribution in [-0.2, 0) is 11.2 Å². The predicted octanol–water partition coefficient (Wildman–Crippen LogP) is 3.30. The zero-order chi connectivity index (χ0) is 11.6. The molecule has 0 aliphatic heterocycles. The number of aliphatic carboxylic acids is 1. The Morgan fingerprint density at radius 2 is 2.00 bits per heavy atom. The summed E-state index contributed by atoms with van der Waals surface area (Å²) in [6, 6.07) is 5.65. The maximum absolute atomic E-state index is 11.0. The van der Waals surface area contributed by atoms with Crippen LogP contribution >= 0.6 is 11.6 Å². The minimum Gasteiger partial charge on any atom is -0.481 e. The molecule has 0 amide bonds. The van der Waals surface area contributed by atoms with Gasteiger partial charge in [-0.15, -0.1) is 0 Å². The van der Waals surface area contributed by atoms with Gasteiger partial charge in [-0.1, -0.05) is 17.7 Å². The minimum atomic E-state index is -0.792. The third-order valence-corrected chi connectivity index (χ3v) is 2.55. The molecular weight excluding hydrogens is 212 g/mol. The lowest BCUT2D eigenvalue weighted by molar-refractivity contribution is -0.146. The molecule has 1 aromatic carbocycles. The lowest BCUT2D eigenvalue weighted by Crippen LogP contribution is -2.26. The highest BCUT2D eigenvalue weighted by molar-refractivity contribution is 6.30. The Balaban J connectivity index is 2.94. The SMILES string of the molecule is Cc1cc(Cl)cc(CC(C)(C)C(=O)O)c1. The average Bonchev–Trinajstić information content (AvgIpc) is 1.99. The molecule has 2 nitrogen and oxygen atoms in total. The standard InChI is InChI=1S/C12H15ClO2/c1-8-4-9(6-10(13)5-8)7-12(2,3)11(14)15/h4-6H,7H2,1-3H3,(H,14,15). The molecule has 15 heavy (non-hydrogen) atoms. The van der Waals surface area contributed by atoms with Crippen LogP contribution in [0.4, 0.5) is 0 Å². The molecule has 0 aliphatic rings. The van der Waals surface area contributed by atoms with Crippen LogP contribution in [0.1, 0.15) is 25.0 Å². The van der Waals surface area contributed by atoms with Crippen LogP contribution in [0.2, 0.25) is 5.02 Å². The van der Waals surface area contributed by atoms with Gasteiger partial charge >= 0.3 is 5.97 Å². The van der Waals surface area contributed by atoms with E-state index in [1.165, 1.54) is 0 Å². The van der Waals surface area contributed by atoms with E-state index in [4.69, 9.17) is 16.7 Å². The molecule has 0 saturated carbocycles. The normalized spacial score (nSPS) is 11.5. The molecule has 0 bridgehead atoms. The van der Waals surface area contributed by atoms with E-state index >= 15 is 0 Å². The van der Waals surface area contributed by atoms with E-state index < -0.39 is 11.4 Å². The van der Waals surface area contributed by atoms with Crippen molar-refractivity contribution >= 4 is 17.6 Å². The van der Waals surface area contributed by atoms with Gasteiger partial charge in [-0.05, 0) is 50.5 Å². The van der Waals surface area contributed by atoms with Crippen molar-refractivity contribution in [3.05, 3.63) is 34.3 Å². The number of hydrogen-bond donors (Lipinski definition) is 1. The van der Waals surface area contributed by atoms with Crippen molar-refractivity contribution in [1.29, 1.82) is 0 Å². The zero-order valence-electron chi connectivity index (χ0n) is 9.17. The largest absolute Gasteiger partial charge is 0.481 e. The summed E-state index contributed by atoms with van der Waals surface area (Å²) in [4.78, 5) is 11.0. The Hall–Kier alpha value is -1.02. The van der Waals surface area contributed by atoms with Crippen LogP contribution < -0.4 is 0 Å². The maximum atomic E-state index is 11.0. The van der Waals surface area contributed by atoms with Gasteiger partial charge in [-0.3, -0.25) is 4.79 Å². The van der Waals surface area contributed by atoms with Crippen LogP contribution in [0.5, 0.6) is 0 Å². The molecule has 0 unspecified atom stereocenters. The topological polar surface area (TPSA) is 37.3 Å². The van der Waals surface area contributed by atoms with E-state index in [9.17, 15) is 4.79 Å². The van der Waals surface area contributed by atoms with Gasteiger partial charge in [-0.25, -0.2) is 0 Å². The van der Waals surface area contributed by atoms with Crippen molar-refractivity contribution in [1.82, 2.24) is 0 Å². The molecule has 0 spiro atoms. The summed E-state index contributed by atoms with van der Waals surface area (Å²) in [6.07, 6.45) is 0.490. The summed E-state index contributed by atoms with van der Waals surface area (Å²) in [7, 11) is 0. The molecule has 0 fully saturated rings. The molecule has 0 aromatic heterocycles. The summed E-state index contributed by atoms with van der Waals surface area (Å²) >= 11 is 5.91. The van der Waals surface area contributed by atoms with Crippen LogP contribution in [0.3, 0.4) is 0 Å². The van der Waals surface area contributed by atoms with Crippen LogP contribution in [-0.4, -0.2) is 11.1 Å².